The van der Waals surface area contributed by atoms with Crippen molar-refractivity contribution >= 4 is 23.2 Å². The minimum Gasteiger partial charge on any atom is -0.365 e. The first-order valence-electron chi connectivity index (χ1n) is 9.57. The van der Waals surface area contributed by atoms with Crippen LogP contribution in [0.1, 0.15) is 5.56 Å². The molecule has 1 N–H and O–H groups in total. The van der Waals surface area contributed by atoms with Gasteiger partial charge in [-0.3, -0.25) is 4.68 Å². The minimum absolute atomic E-state index is 0.149. The van der Waals surface area contributed by atoms with Crippen LogP contribution in [0.15, 0.2) is 61.1 Å². The molecule has 1 aliphatic rings. The van der Waals surface area contributed by atoms with E-state index in [4.69, 9.17) is 0 Å². The number of aromatic nitrogens is 3. The van der Waals surface area contributed by atoms with Crippen LogP contribution in [0.4, 0.5) is 22.0 Å². The van der Waals surface area contributed by atoms with Crippen molar-refractivity contribution in [3.05, 3.63) is 76.7 Å². The number of para-hydroxylation sites is 1. The van der Waals surface area contributed by atoms with E-state index < -0.39 is 4.92 Å². The SMILES string of the molecule is O=C(Nc1ccccc1Cn1cccn1)N1CCN(c2ccc([N+](=O)[O-])nc2)CC1. The molecule has 3 aromatic rings. The van der Waals surface area contributed by atoms with Crippen LogP contribution in [0.25, 0.3) is 0 Å². The van der Waals surface area contributed by atoms with Crippen LogP contribution in [0, 0.1) is 10.1 Å². The molecule has 2 aromatic heterocycles. The summed E-state index contributed by atoms with van der Waals surface area (Å²) in [6, 6.07) is 12.5. The molecule has 0 unspecified atom stereocenters. The second-order valence-electron chi connectivity index (χ2n) is 6.90. The first kappa shape index (κ1) is 19.4. The van der Waals surface area contributed by atoms with Crippen LogP contribution in [0.2, 0.25) is 0 Å². The molecule has 4 rings (SSSR count). The second kappa shape index (κ2) is 8.60. The molecule has 0 radical (unpaired) electrons. The van der Waals surface area contributed by atoms with Crippen LogP contribution in [-0.2, 0) is 6.54 Å². The topological polar surface area (TPSA) is 109 Å². The van der Waals surface area contributed by atoms with E-state index in [1.165, 1.54) is 12.3 Å². The molecule has 0 aliphatic carbocycles. The third-order valence-electron chi connectivity index (χ3n) is 5.00. The zero-order valence-electron chi connectivity index (χ0n) is 16.2. The molecule has 1 aliphatic heterocycles. The van der Waals surface area contributed by atoms with Crippen molar-refractivity contribution in [2.75, 3.05) is 36.4 Å². The number of anilines is 2. The molecule has 10 heteroatoms. The number of benzene rings is 1. The number of urea groups is 1. The minimum atomic E-state index is -0.518. The van der Waals surface area contributed by atoms with Crippen molar-refractivity contribution in [2.45, 2.75) is 6.54 Å². The lowest BCUT2D eigenvalue weighted by atomic mass is 10.2. The van der Waals surface area contributed by atoms with E-state index in [0.717, 1.165) is 16.9 Å². The number of amides is 2. The molecule has 3 heterocycles. The first-order chi connectivity index (χ1) is 14.6. The summed E-state index contributed by atoms with van der Waals surface area (Å²) in [7, 11) is 0. The molecule has 0 spiro atoms. The number of carbonyl (C=O) groups excluding carboxylic acids is 1. The zero-order valence-corrected chi connectivity index (χ0v) is 16.2. The summed E-state index contributed by atoms with van der Waals surface area (Å²) in [6.45, 7) is 2.92. The maximum absolute atomic E-state index is 12.8. The van der Waals surface area contributed by atoms with Gasteiger partial charge in [0.25, 0.3) is 0 Å². The first-order valence-corrected chi connectivity index (χ1v) is 9.57. The van der Waals surface area contributed by atoms with Gasteiger partial charge in [0.2, 0.25) is 0 Å². The van der Waals surface area contributed by atoms with Crippen LogP contribution in [-0.4, -0.2) is 56.8 Å². The van der Waals surface area contributed by atoms with Gasteiger partial charge in [-0.25, -0.2) is 4.79 Å². The Morgan fingerprint density at radius 3 is 2.57 bits per heavy atom. The summed E-state index contributed by atoms with van der Waals surface area (Å²) < 4.78 is 1.81. The Labute approximate surface area is 172 Å². The van der Waals surface area contributed by atoms with Crippen molar-refractivity contribution in [3.8, 4) is 0 Å². The standard InChI is InChI=1S/C20H21N7O3/c28-20(23-18-5-2-1-4-16(18)15-26-9-3-8-22-26)25-12-10-24(11-13-25)17-6-7-19(21-14-17)27(29)30/h1-9,14H,10-13,15H2,(H,23,28). The van der Waals surface area contributed by atoms with Crippen molar-refractivity contribution in [3.63, 3.8) is 0 Å². The van der Waals surface area contributed by atoms with Crippen LogP contribution in [0.3, 0.4) is 0 Å². The number of piperazine rings is 1. The molecule has 0 atom stereocenters. The van der Waals surface area contributed by atoms with E-state index in [9.17, 15) is 14.9 Å². The molecule has 0 bridgehead atoms. The summed E-state index contributed by atoms with van der Waals surface area (Å²) in [4.78, 5) is 30.7. The molecule has 154 valence electrons. The predicted molar refractivity (Wildman–Crippen MR) is 111 cm³/mol. The van der Waals surface area contributed by atoms with Gasteiger partial charge in [-0.2, -0.15) is 5.10 Å². The van der Waals surface area contributed by atoms with E-state index >= 15 is 0 Å². The third-order valence-corrected chi connectivity index (χ3v) is 5.00. The lowest BCUT2D eigenvalue weighted by molar-refractivity contribution is -0.389. The molecular weight excluding hydrogens is 386 g/mol. The Morgan fingerprint density at radius 2 is 1.90 bits per heavy atom. The number of pyridine rings is 1. The summed E-state index contributed by atoms with van der Waals surface area (Å²) >= 11 is 0. The van der Waals surface area contributed by atoms with Crippen molar-refractivity contribution < 1.29 is 9.72 Å². The molecule has 1 aromatic carbocycles. The Bertz CT molecular complexity index is 1010. The number of nitro groups is 1. The van der Waals surface area contributed by atoms with Gasteiger partial charge in [-0.1, -0.05) is 18.2 Å². The number of hydrogen-bond acceptors (Lipinski definition) is 6. The summed E-state index contributed by atoms with van der Waals surface area (Å²) in [5.74, 6) is -0.175. The molecule has 2 amide bonds. The van der Waals surface area contributed by atoms with Crippen molar-refractivity contribution in [1.82, 2.24) is 19.7 Å². The zero-order chi connectivity index (χ0) is 20.9. The average Bonchev–Trinajstić information content (AvgIpc) is 3.28. The molecule has 10 nitrogen and oxygen atoms in total. The largest absolute Gasteiger partial charge is 0.365 e. The van der Waals surface area contributed by atoms with Crippen LogP contribution >= 0.6 is 0 Å². The van der Waals surface area contributed by atoms with E-state index in [2.05, 4.69) is 20.3 Å². The van der Waals surface area contributed by atoms with Gasteiger partial charge in [-0.05, 0) is 33.7 Å². The highest BCUT2D eigenvalue weighted by molar-refractivity contribution is 5.90. The highest BCUT2D eigenvalue weighted by atomic mass is 16.6. The van der Waals surface area contributed by atoms with Gasteiger partial charge in [0.15, 0.2) is 6.20 Å². The lowest BCUT2D eigenvalue weighted by Crippen LogP contribution is -2.50. The van der Waals surface area contributed by atoms with Crippen molar-refractivity contribution in [1.29, 1.82) is 0 Å². The third kappa shape index (κ3) is 4.37. The highest BCUT2D eigenvalue weighted by Crippen LogP contribution is 2.20. The van der Waals surface area contributed by atoms with E-state index in [1.54, 1.807) is 17.2 Å². The number of carbonyl (C=O) groups is 1. The summed E-state index contributed by atoms with van der Waals surface area (Å²) in [6.07, 6.45) is 5.10. The van der Waals surface area contributed by atoms with Gasteiger partial charge in [0, 0.05) is 50.3 Å². The number of rotatable bonds is 5. The number of nitrogens with one attached hydrogen (secondary N) is 1. The molecule has 1 fully saturated rings. The number of nitrogens with zero attached hydrogens (tertiary/aromatic N) is 6. The summed E-state index contributed by atoms with van der Waals surface area (Å²) in [5.41, 5.74) is 2.55. The fourth-order valence-electron chi connectivity index (χ4n) is 3.38. The monoisotopic (exact) mass is 407 g/mol. The fraction of sp³-hybridized carbons (Fsp3) is 0.250. The Morgan fingerprint density at radius 1 is 1.10 bits per heavy atom. The quantitative estimate of drug-likeness (QED) is 0.514. The number of hydrogen-bond donors (Lipinski definition) is 1. The van der Waals surface area contributed by atoms with Gasteiger partial charge in [0.05, 0.1) is 12.2 Å². The van der Waals surface area contributed by atoms with Crippen molar-refractivity contribution in [2.24, 2.45) is 0 Å². The van der Waals surface area contributed by atoms with Gasteiger partial charge < -0.3 is 25.2 Å². The van der Waals surface area contributed by atoms with Crippen LogP contribution < -0.4 is 10.2 Å². The van der Waals surface area contributed by atoms with Gasteiger partial charge >= 0.3 is 11.8 Å². The maximum Gasteiger partial charge on any atom is 0.363 e. The predicted octanol–water partition coefficient (Wildman–Crippen LogP) is 2.59. The molecule has 1 saturated heterocycles. The van der Waals surface area contributed by atoms with Gasteiger partial charge in [0.1, 0.15) is 0 Å². The normalized spacial score (nSPS) is 13.9. The lowest BCUT2D eigenvalue weighted by Gasteiger charge is -2.35. The Balaban J connectivity index is 1.35. The van der Waals surface area contributed by atoms with Gasteiger partial charge in [-0.15, -0.1) is 0 Å². The molecule has 0 saturated carbocycles. The Hall–Kier alpha value is -3.95. The molecule has 30 heavy (non-hydrogen) atoms. The van der Waals surface area contributed by atoms with E-state index in [-0.39, 0.29) is 11.8 Å². The summed E-state index contributed by atoms with van der Waals surface area (Å²) in [5, 5.41) is 18.0. The fourth-order valence-corrected chi connectivity index (χ4v) is 3.38. The molecular formula is C20H21N7O3. The Kier molecular flexibility index (Phi) is 5.55. The maximum atomic E-state index is 12.8. The van der Waals surface area contributed by atoms with E-state index in [1.807, 2.05) is 41.2 Å². The highest BCUT2D eigenvalue weighted by Gasteiger charge is 2.23. The average molecular weight is 407 g/mol. The van der Waals surface area contributed by atoms with Crippen LogP contribution in [0.5, 0.6) is 0 Å². The van der Waals surface area contributed by atoms with E-state index in [0.29, 0.717) is 32.7 Å². The smallest absolute Gasteiger partial charge is 0.363 e. The second-order valence-corrected chi connectivity index (χ2v) is 6.90.